The van der Waals surface area contributed by atoms with Crippen LogP contribution in [0.5, 0.6) is 0 Å². The quantitative estimate of drug-likeness (QED) is 0.752. The summed E-state index contributed by atoms with van der Waals surface area (Å²) in [6.45, 7) is 3.00. The van der Waals surface area contributed by atoms with Crippen LogP contribution in [0.3, 0.4) is 0 Å². The molecule has 118 valence electrons. The molecule has 2 rings (SSSR count). The van der Waals surface area contributed by atoms with E-state index in [1.165, 1.54) is 13.8 Å². The highest BCUT2D eigenvalue weighted by atomic mass is 16.4. The SMILES string of the molecule is CC(C)(CC(=O)Nc1cccc(NC(=O)C2CC2)c1)C(=O)O. The van der Waals surface area contributed by atoms with E-state index < -0.39 is 11.4 Å². The summed E-state index contributed by atoms with van der Waals surface area (Å²) in [5.74, 6) is -1.30. The molecule has 1 saturated carbocycles. The average molecular weight is 304 g/mol. The Morgan fingerprint density at radius 3 is 2.32 bits per heavy atom. The number of hydrogen-bond acceptors (Lipinski definition) is 3. The number of rotatable bonds is 6. The summed E-state index contributed by atoms with van der Waals surface area (Å²) < 4.78 is 0. The number of hydrogen-bond donors (Lipinski definition) is 3. The number of nitrogens with one attached hydrogen (secondary N) is 2. The third-order valence-electron chi connectivity index (χ3n) is 3.54. The molecule has 6 heteroatoms. The van der Waals surface area contributed by atoms with Crippen molar-refractivity contribution in [3.8, 4) is 0 Å². The van der Waals surface area contributed by atoms with Gasteiger partial charge in [-0.05, 0) is 44.9 Å². The molecular formula is C16H20N2O4. The predicted molar refractivity (Wildman–Crippen MR) is 82.5 cm³/mol. The van der Waals surface area contributed by atoms with Crippen LogP contribution in [0.25, 0.3) is 0 Å². The molecular weight excluding hydrogens is 284 g/mol. The minimum atomic E-state index is -1.12. The summed E-state index contributed by atoms with van der Waals surface area (Å²) in [6, 6.07) is 6.82. The maximum Gasteiger partial charge on any atom is 0.309 e. The van der Waals surface area contributed by atoms with Crippen LogP contribution in [0.1, 0.15) is 33.1 Å². The van der Waals surface area contributed by atoms with Crippen LogP contribution in [-0.4, -0.2) is 22.9 Å². The summed E-state index contributed by atoms with van der Waals surface area (Å²) in [6.07, 6.45) is 1.72. The molecule has 0 spiro atoms. The maximum atomic E-state index is 11.9. The molecule has 0 heterocycles. The molecule has 1 aliphatic rings. The van der Waals surface area contributed by atoms with Gasteiger partial charge >= 0.3 is 5.97 Å². The Labute approximate surface area is 128 Å². The van der Waals surface area contributed by atoms with Gasteiger partial charge in [-0.3, -0.25) is 14.4 Å². The Morgan fingerprint density at radius 1 is 1.18 bits per heavy atom. The second-order valence-electron chi connectivity index (χ2n) is 6.26. The molecule has 0 aromatic heterocycles. The minimum Gasteiger partial charge on any atom is -0.481 e. The first-order valence-electron chi connectivity index (χ1n) is 7.22. The lowest BCUT2D eigenvalue weighted by atomic mass is 9.89. The molecule has 0 aliphatic heterocycles. The highest BCUT2D eigenvalue weighted by Crippen LogP contribution is 2.30. The molecule has 1 aromatic carbocycles. The van der Waals surface area contributed by atoms with Crippen molar-refractivity contribution < 1.29 is 19.5 Å². The zero-order valence-electron chi connectivity index (χ0n) is 12.7. The fraction of sp³-hybridized carbons (Fsp3) is 0.438. The zero-order chi connectivity index (χ0) is 16.3. The fourth-order valence-corrected chi connectivity index (χ4v) is 1.95. The summed E-state index contributed by atoms with van der Waals surface area (Å²) in [7, 11) is 0. The Morgan fingerprint density at radius 2 is 1.77 bits per heavy atom. The van der Waals surface area contributed by atoms with Crippen molar-refractivity contribution >= 4 is 29.2 Å². The molecule has 1 fully saturated rings. The number of benzene rings is 1. The molecule has 1 aromatic rings. The average Bonchev–Trinajstić information content (AvgIpc) is 3.22. The van der Waals surface area contributed by atoms with Gasteiger partial charge in [0.15, 0.2) is 0 Å². The number of amides is 2. The fourth-order valence-electron chi connectivity index (χ4n) is 1.95. The Balaban J connectivity index is 1.96. The highest BCUT2D eigenvalue weighted by Gasteiger charge is 2.30. The predicted octanol–water partition coefficient (Wildman–Crippen LogP) is 2.47. The lowest BCUT2D eigenvalue weighted by molar-refractivity contribution is -0.149. The highest BCUT2D eigenvalue weighted by molar-refractivity contribution is 5.96. The van der Waals surface area contributed by atoms with E-state index in [9.17, 15) is 14.4 Å². The zero-order valence-corrected chi connectivity index (χ0v) is 12.7. The van der Waals surface area contributed by atoms with E-state index in [-0.39, 0.29) is 24.2 Å². The summed E-state index contributed by atoms with van der Waals surface area (Å²) in [5, 5.41) is 14.5. The number of carbonyl (C=O) groups excluding carboxylic acids is 2. The van der Waals surface area contributed by atoms with E-state index in [2.05, 4.69) is 10.6 Å². The van der Waals surface area contributed by atoms with Crippen molar-refractivity contribution in [2.24, 2.45) is 11.3 Å². The van der Waals surface area contributed by atoms with Gasteiger partial charge in [0, 0.05) is 23.7 Å². The van der Waals surface area contributed by atoms with Gasteiger partial charge < -0.3 is 15.7 Å². The van der Waals surface area contributed by atoms with Crippen molar-refractivity contribution in [2.45, 2.75) is 33.1 Å². The van der Waals surface area contributed by atoms with E-state index >= 15 is 0 Å². The van der Waals surface area contributed by atoms with Gasteiger partial charge in [-0.2, -0.15) is 0 Å². The van der Waals surface area contributed by atoms with E-state index in [0.717, 1.165) is 12.8 Å². The van der Waals surface area contributed by atoms with E-state index in [1.54, 1.807) is 24.3 Å². The first-order valence-corrected chi connectivity index (χ1v) is 7.22. The first kappa shape index (κ1) is 16.0. The number of carbonyl (C=O) groups is 3. The molecule has 0 atom stereocenters. The molecule has 6 nitrogen and oxygen atoms in total. The topological polar surface area (TPSA) is 95.5 Å². The number of aliphatic carboxylic acids is 1. The maximum absolute atomic E-state index is 11.9. The molecule has 0 unspecified atom stereocenters. The minimum absolute atomic E-state index is 0.00418. The molecule has 0 radical (unpaired) electrons. The third-order valence-corrected chi connectivity index (χ3v) is 3.54. The molecule has 2 amide bonds. The van der Waals surface area contributed by atoms with Crippen LogP contribution in [0.2, 0.25) is 0 Å². The summed E-state index contributed by atoms with van der Waals surface area (Å²) in [4.78, 5) is 34.7. The van der Waals surface area contributed by atoms with Crippen molar-refractivity contribution in [3.05, 3.63) is 24.3 Å². The van der Waals surface area contributed by atoms with Crippen LogP contribution < -0.4 is 10.6 Å². The van der Waals surface area contributed by atoms with Crippen LogP contribution in [0.4, 0.5) is 11.4 Å². The number of carboxylic acids is 1. The van der Waals surface area contributed by atoms with Crippen LogP contribution in [-0.2, 0) is 14.4 Å². The monoisotopic (exact) mass is 304 g/mol. The Bertz CT molecular complexity index is 606. The van der Waals surface area contributed by atoms with Gasteiger partial charge in [-0.15, -0.1) is 0 Å². The standard InChI is InChI=1S/C16H20N2O4/c1-16(2,15(21)22)9-13(19)17-11-4-3-5-12(8-11)18-14(20)10-6-7-10/h3-5,8,10H,6-7,9H2,1-2H3,(H,17,19)(H,18,20)(H,21,22). The van der Waals surface area contributed by atoms with Crippen molar-refractivity contribution in [3.63, 3.8) is 0 Å². The molecule has 22 heavy (non-hydrogen) atoms. The van der Waals surface area contributed by atoms with Crippen LogP contribution >= 0.6 is 0 Å². The molecule has 1 aliphatic carbocycles. The first-order chi connectivity index (χ1) is 10.3. The van der Waals surface area contributed by atoms with E-state index in [0.29, 0.717) is 11.4 Å². The van der Waals surface area contributed by atoms with Crippen molar-refractivity contribution in [2.75, 3.05) is 10.6 Å². The largest absolute Gasteiger partial charge is 0.481 e. The van der Waals surface area contributed by atoms with E-state index in [4.69, 9.17) is 5.11 Å². The van der Waals surface area contributed by atoms with Gasteiger partial charge in [0.1, 0.15) is 0 Å². The third kappa shape index (κ3) is 4.31. The van der Waals surface area contributed by atoms with Gasteiger partial charge in [-0.1, -0.05) is 6.07 Å². The molecule has 0 bridgehead atoms. The normalized spacial score (nSPS) is 14.3. The Kier molecular flexibility index (Phi) is 4.49. The smallest absolute Gasteiger partial charge is 0.309 e. The second kappa shape index (κ2) is 6.17. The lowest BCUT2D eigenvalue weighted by Gasteiger charge is -2.18. The van der Waals surface area contributed by atoms with E-state index in [1.807, 2.05) is 0 Å². The van der Waals surface area contributed by atoms with Crippen molar-refractivity contribution in [1.82, 2.24) is 0 Å². The van der Waals surface area contributed by atoms with Crippen LogP contribution in [0, 0.1) is 11.3 Å². The summed E-state index contributed by atoms with van der Waals surface area (Å²) in [5.41, 5.74) is 0.0222. The molecule has 3 N–H and O–H groups in total. The van der Waals surface area contributed by atoms with Crippen molar-refractivity contribution in [1.29, 1.82) is 0 Å². The number of anilines is 2. The van der Waals surface area contributed by atoms with Gasteiger partial charge in [0.25, 0.3) is 0 Å². The van der Waals surface area contributed by atoms with Gasteiger partial charge in [0.05, 0.1) is 5.41 Å². The van der Waals surface area contributed by atoms with Gasteiger partial charge in [0.2, 0.25) is 11.8 Å². The second-order valence-corrected chi connectivity index (χ2v) is 6.26. The van der Waals surface area contributed by atoms with Crippen LogP contribution in [0.15, 0.2) is 24.3 Å². The number of carboxylic acid groups (broad SMARTS) is 1. The molecule has 0 saturated heterocycles. The lowest BCUT2D eigenvalue weighted by Crippen LogP contribution is -2.29. The summed E-state index contributed by atoms with van der Waals surface area (Å²) >= 11 is 0. The Hall–Kier alpha value is -2.37. The van der Waals surface area contributed by atoms with Gasteiger partial charge in [-0.25, -0.2) is 0 Å².